The summed E-state index contributed by atoms with van der Waals surface area (Å²) < 4.78 is 7.87. The van der Waals surface area contributed by atoms with Gasteiger partial charge in [-0.05, 0) is 18.1 Å². The van der Waals surface area contributed by atoms with Crippen molar-refractivity contribution in [2.45, 2.75) is 26.9 Å². The van der Waals surface area contributed by atoms with Gasteiger partial charge in [-0.1, -0.05) is 13.8 Å². The predicted molar refractivity (Wildman–Crippen MR) is 82.3 cm³/mol. The average molecular weight is 287 g/mol. The van der Waals surface area contributed by atoms with Crippen LogP contribution in [0.25, 0.3) is 0 Å². The number of hydrogen-bond acceptors (Lipinski definition) is 5. The molecule has 1 aliphatic rings. The summed E-state index contributed by atoms with van der Waals surface area (Å²) in [7, 11) is 0. The standard InChI is InChI=1S/C15H21N5O/c1-11(2)10-21-15-12(16)3-4-13(18-15)20-8-7-19-6-5-17-14(19)9-20/h3-6,11H,7-10,16H2,1-2H3. The molecule has 21 heavy (non-hydrogen) atoms. The van der Waals surface area contributed by atoms with Gasteiger partial charge in [-0.15, -0.1) is 0 Å². The van der Waals surface area contributed by atoms with E-state index in [1.807, 2.05) is 24.5 Å². The Morgan fingerprint density at radius 2 is 2.19 bits per heavy atom. The van der Waals surface area contributed by atoms with E-state index in [0.717, 1.165) is 31.3 Å². The minimum atomic E-state index is 0.442. The number of anilines is 2. The Bertz CT molecular complexity index is 622. The van der Waals surface area contributed by atoms with Gasteiger partial charge in [-0.3, -0.25) is 0 Å². The zero-order chi connectivity index (χ0) is 14.8. The molecule has 0 spiro atoms. The molecule has 2 aromatic heterocycles. The monoisotopic (exact) mass is 287 g/mol. The number of aromatic nitrogens is 3. The lowest BCUT2D eigenvalue weighted by atomic mass is 10.2. The maximum Gasteiger partial charge on any atom is 0.239 e. The van der Waals surface area contributed by atoms with Gasteiger partial charge >= 0.3 is 0 Å². The van der Waals surface area contributed by atoms with Gasteiger partial charge in [0, 0.05) is 25.5 Å². The van der Waals surface area contributed by atoms with Crippen LogP contribution < -0.4 is 15.4 Å². The van der Waals surface area contributed by atoms with Gasteiger partial charge in [-0.25, -0.2) is 4.98 Å². The van der Waals surface area contributed by atoms with Crippen LogP contribution in [-0.2, 0) is 13.1 Å². The number of pyridine rings is 1. The van der Waals surface area contributed by atoms with Crippen molar-refractivity contribution < 1.29 is 4.74 Å². The Morgan fingerprint density at radius 3 is 3.00 bits per heavy atom. The molecule has 0 unspecified atom stereocenters. The van der Waals surface area contributed by atoms with E-state index < -0.39 is 0 Å². The average Bonchev–Trinajstić information content (AvgIpc) is 2.93. The molecule has 0 radical (unpaired) electrons. The normalized spacial score (nSPS) is 14.3. The van der Waals surface area contributed by atoms with Crippen molar-refractivity contribution in [3.8, 4) is 5.88 Å². The molecule has 0 saturated heterocycles. The summed E-state index contributed by atoms with van der Waals surface area (Å²) in [6, 6.07) is 3.80. The van der Waals surface area contributed by atoms with Crippen LogP contribution in [0.1, 0.15) is 19.7 Å². The van der Waals surface area contributed by atoms with Crippen molar-refractivity contribution in [1.82, 2.24) is 14.5 Å². The van der Waals surface area contributed by atoms with Crippen LogP contribution in [0.2, 0.25) is 0 Å². The highest BCUT2D eigenvalue weighted by molar-refractivity contribution is 5.54. The molecule has 0 bridgehead atoms. The van der Waals surface area contributed by atoms with Gasteiger partial charge in [0.1, 0.15) is 11.6 Å². The molecule has 3 heterocycles. The van der Waals surface area contributed by atoms with Gasteiger partial charge in [0.05, 0.1) is 18.8 Å². The summed E-state index contributed by atoms with van der Waals surface area (Å²) in [5.41, 5.74) is 6.52. The largest absolute Gasteiger partial charge is 0.476 e. The summed E-state index contributed by atoms with van der Waals surface area (Å²) >= 11 is 0. The SMILES string of the molecule is CC(C)COc1nc(N2CCn3ccnc3C2)ccc1N. The van der Waals surface area contributed by atoms with E-state index in [1.165, 1.54) is 0 Å². The molecule has 2 aromatic rings. The van der Waals surface area contributed by atoms with E-state index in [4.69, 9.17) is 10.5 Å². The van der Waals surface area contributed by atoms with Gasteiger partial charge < -0.3 is 19.9 Å². The van der Waals surface area contributed by atoms with Crippen LogP contribution >= 0.6 is 0 Å². The zero-order valence-electron chi connectivity index (χ0n) is 12.5. The Balaban J connectivity index is 1.78. The lowest BCUT2D eigenvalue weighted by molar-refractivity contribution is 0.263. The van der Waals surface area contributed by atoms with Gasteiger partial charge in [0.2, 0.25) is 5.88 Å². The molecule has 0 saturated carbocycles. The molecule has 0 fully saturated rings. The molecule has 112 valence electrons. The third kappa shape index (κ3) is 2.94. The predicted octanol–water partition coefficient (Wildman–Crippen LogP) is 1.92. The molecule has 3 rings (SSSR count). The summed E-state index contributed by atoms with van der Waals surface area (Å²) in [6.45, 7) is 7.40. The van der Waals surface area contributed by atoms with Gasteiger partial charge in [-0.2, -0.15) is 4.98 Å². The molecule has 0 atom stereocenters. The van der Waals surface area contributed by atoms with Crippen LogP contribution in [0.3, 0.4) is 0 Å². The number of nitrogens with two attached hydrogens (primary N) is 1. The third-order valence-electron chi connectivity index (χ3n) is 3.50. The summed E-state index contributed by atoms with van der Waals surface area (Å²) in [5, 5.41) is 0. The van der Waals surface area contributed by atoms with Crippen LogP contribution in [0.15, 0.2) is 24.5 Å². The molecule has 1 aliphatic heterocycles. The fourth-order valence-electron chi connectivity index (χ4n) is 2.35. The van der Waals surface area contributed by atoms with E-state index in [-0.39, 0.29) is 0 Å². The highest BCUT2D eigenvalue weighted by atomic mass is 16.5. The van der Waals surface area contributed by atoms with E-state index in [9.17, 15) is 0 Å². The minimum Gasteiger partial charge on any atom is -0.476 e. The lowest BCUT2D eigenvalue weighted by Gasteiger charge is -2.29. The van der Waals surface area contributed by atoms with E-state index in [1.54, 1.807) is 0 Å². The molecule has 6 heteroatoms. The second-order valence-corrected chi connectivity index (χ2v) is 5.73. The van der Waals surface area contributed by atoms with Crippen molar-refractivity contribution in [3.05, 3.63) is 30.4 Å². The molecule has 0 aliphatic carbocycles. The Morgan fingerprint density at radius 1 is 1.33 bits per heavy atom. The number of rotatable bonds is 4. The van der Waals surface area contributed by atoms with Crippen LogP contribution in [0.5, 0.6) is 5.88 Å². The van der Waals surface area contributed by atoms with Crippen molar-refractivity contribution >= 4 is 11.5 Å². The fraction of sp³-hybridized carbons (Fsp3) is 0.467. The van der Waals surface area contributed by atoms with Crippen molar-refractivity contribution in [3.63, 3.8) is 0 Å². The summed E-state index contributed by atoms with van der Waals surface area (Å²) in [4.78, 5) is 11.1. The first-order valence-electron chi connectivity index (χ1n) is 7.28. The number of nitrogens with zero attached hydrogens (tertiary/aromatic N) is 4. The van der Waals surface area contributed by atoms with E-state index in [2.05, 4.69) is 33.3 Å². The first kappa shape index (κ1) is 13.7. The maximum absolute atomic E-state index is 5.94. The highest BCUT2D eigenvalue weighted by Crippen LogP contribution is 2.25. The number of fused-ring (bicyclic) bond motifs is 1. The second kappa shape index (κ2) is 5.63. The molecule has 0 aromatic carbocycles. The Hall–Kier alpha value is -2.24. The molecular weight excluding hydrogens is 266 g/mol. The fourth-order valence-corrected chi connectivity index (χ4v) is 2.35. The topological polar surface area (TPSA) is 69.2 Å². The van der Waals surface area contributed by atoms with Gasteiger partial charge in [0.15, 0.2) is 0 Å². The first-order chi connectivity index (χ1) is 10.1. The highest BCUT2D eigenvalue weighted by Gasteiger charge is 2.19. The van der Waals surface area contributed by atoms with Crippen LogP contribution in [-0.4, -0.2) is 27.7 Å². The van der Waals surface area contributed by atoms with E-state index in [0.29, 0.717) is 24.1 Å². The maximum atomic E-state index is 5.94. The first-order valence-corrected chi connectivity index (χ1v) is 7.28. The lowest BCUT2D eigenvalue weighted by Crippen LogP contribution is -2.34. The quantitative estimate of drug-likeness (QED) is 0.930. The Labute approximate surface area is 124 Å². The number of hydrogen-bond donors (Lipinski definition) is 1. The molecule has 0 amide bonds. The Kier molecular flexibility index (Phi) is 3.68. The third-order valence-corrected chi connectivity index (χ3v) is 3.50. The minimum absolute atomic E-state index is 0.442. The van der Waals surface area contributed by atoms with E-state index >= 15 is 0 Å². The van der Waals surface area contributed by atoms with Gasteiger partial charge in [0.25, 0.3) is 0 Å². The number of imidazole rings is 1. The second-order valence-electron chi connectivity index (χ2n) is 5.73. The van der Waals surface area contributed by atoms with Crippen LogP contribution in [0.4, 0.5) is 11.5 Å². The van der Waals surface area contributed by atoms with Crippen molar-refractivity contribution in [1.29, 1.82) is 0 Å². The zero-order valence-corrected chi connectivity index (χ0v) is 12.5. The van der Waals surface area contributed by atoms with Crippen molar-refractivity contribution in [2.24, 2.45) is 5.92 Å². The molecular formula is C15H21N5O. The molecule has 2 N–H and O–H groups in total. The van der Waals surface area contributed by atoms with Crippen LogP contribution in [0, 0.1) is 5.92 Å². The summed E-state index contributed by atoms with van der Waals surface area (Å²) in [5.74, 6) is 2.91. The smallest absolute Gasteiger partial charge is 0.239 e. The number of nitrogen functional groups attached to an aromatic ring is 1. The molecule has 6 nitrogen and oxygen atoms in total. The number of ether oxygens (including phenoxy) is 1. The van der Waals surface area contributed by atoms with Crippen molar-refractivity contribution in [2.75, 3.05) is 23.8 Å². The summed E-state index contributed by atoms with van der Waals surface area (Å²) in [6.07, 6.45) is 3.85.